The number of hydrogen-bond donors (Lipinski definition) is 1. The molecule has 0 bridgehead atoms. The second kappa shape index (κ2) is 4.45. The predicted molar refractivity (Wildman–Crippen MR) is 59.3 cm³/mol. The molecule has 16 heavy (non-hydrogen) atoms. The van der Waals surface area contributed by atoms with E-state index < -0.39 is 16.5 Å². The smallest absolute Gasteiger partial charge is 0.171 e. The van der Waals surface area contributed by atoms with Gasteiger partial charge in [0, 0.05) is 0 Å². The summed E-state index contributed by atoms with van der Waals surface area (Å²) in [5, 5.41) is 0. The van der Waals surface area contributed by atoms with Crippen molar-refractivity contribution in [1.29, 1.82) is 0 Å². The average molecular weight is 235 g/mol. The lowest BCUT2D eigenvalue weighted by Gasteiger charge is -2.01. The van der Waals surface area contributed by atoms with Crippen molar-refractivity contribution < 1.29 is 12.8 Å². The maximum atomic E-state index is 13.4. The fourth-order valence-electron chi connectivity index (χ4n) is 1.38. The molecule has 0 atom stereocenters. The van der Waals surface area contributed by atoms with E-state index in [2.05, 4.69) is 6.07 Å². The molecule has 0 N–H and O–H groups in total. The Morgan fingerprint density at radius 1 is 1.12 bits per heavy atom. The Hall–Kier alpha value is -1.68. The van der Waals surface area contributed by atoms with E-state index in [0.717, 1.165) is 11.6 Å². The normalized spacial score (nSPS) is 10.6. The first-order valence-electron chi connectivity index (χ1n) is 4.59. The monoisotopic (exact) mass is 235 g/mol. The van der Waals surface area contributed by atoms with E-state index in [0.29, 0.717) is 5.56 Å². The van der Waals surface area contributed by atoms with E-state index in [4.69, 9.17) is 0 Å². The van der Waals surface area contributed by atoms with Gasteiger partial charge in [0.05, 0.1) is 0 Å². The molecule has 0 heterocycles. The van der Waals surface area contributed by atoms with Crippen LogP contribution in [0.3, 0.4) is 0 Å². The molecule has 0 aliphatic rings. The van der Waals surface area contributed by atoms with Gasteiger partial charge in [-0.15, -0.1) is 0 Å². The minimum absolute atomic E-state index is 0.324. The van der Waals surface area contributed by atoms with Gasteiger partial charge in [0.15, 0.2) is 10.7 Å². The van der Waals surface area contributed by atoms with Gasteiger partial charge in [0.2, 0.25) is 0 Å². The summed E-state index contributed by atoms with van der Waals surface area (Å²) in [5.74, 6) is -0.742. The van der Waals surface area contributed by atoms with Crippen LogP contribution >= 0.6 is 0 Å². The maximum Gasteiger partial charge on any atom is 0.171 e. The van der Waals surface area contributed by atoms with Gasteiger partial charge in [0.1, 0.15) is 10.7 Å². The van der Waals surface area contributed by atoms with Crippen LogP contribution in [-0.4, -0.2) is 8.42 Å². The van der Waals surface area contributed by atoms with Crippen LogP contribution in [0.2, 0.25) is 0 Å². The van der Waals surface area contributed by atoms with Crippen molar-refractivity contribution in [1.82, 2.24) is 0 Å². The van der Waals surface area contributed by atoms with Crippen LogP contribution < -0.4 is 0 Å². The summed E-state index contributed by atoms with van der Waals surface area (Å²) >= 11 is 0. The molecule has 0 saturated carbocycles. The van der Waals surface area contributed by atoms with Crippen LogP contribution in [0.25, 0.3) is 11.1 Å². The quantitative estimate of drug-likeness (QED) is 0.810. The number of benzene rings is 2. The summed E-state index contributed by atoms with van der Waals surface area (Å²) in [5.41, 5.74) is 1.34. The van der Waals surface area contributed by atoms with Gasteiger partial charge in [-0.2, -0.15) is 0 Å². The largest absolute Gasteiger partial charge is 0.227 e. The molecule has 0 spiro atoms. The molecule has 2 aromatic rings. The Kier molecular flexibility index (Phi) is 3.01. The van der Waals surface area contributed by atoms with Crippen LogP contribution in [0, 0.1) is 11.9 Å². The van der Waals surface area contributed by atoms with Crippen molar-refractivity contribution in [3.63, 3.8) is 0 Å². The first kappa shape index (κ1) is 10.8. The van der Waals surface area contributed by atoms with Crippen molar-refractivity contribution in [2.75, 3.05) is 0 Å². The third-order valence-corrected chi connectivity index (χ3v) is 2.90. The third-order valence-electron chi connectivity index (χ3n) is 2.16. The van der Waals surface area contributed by atoms with E-state index in [1.807, 2.05) is 30.3 Å². The number of thiol groups is 1. The molecule has 2 nitrogen and oxygen atoms in total. The first-order valence-corrected chi connectivity index (χ1v) is 5.77. The van der Waals surface area contributed by atoms with Crippen molar-refractivity contribution in [3.8, 4) is 11.1 Å². The molecule has 0 amide bonds. The van der Waals surface area contributed by atoms with Crippen molar-refractivity contribution in [2.45, 2.75) is 4.90 Å². The summed E-state index contributed by atoms with van der Waals surface area (Å²) in [6.45, 7) is 0. The van der Waals surface area contributed by atoms with Crippen LogP contribution in [0.4, 0.5) is 4.39 Å². The molecule has 0 aromatic heterocycles. The zero-order valence-electron chi connectivity index (χ0n) is 8.18. The van der Waals surface area contributed by atoms with Crippen LogP contribution in [0.1, 0.15) is 0 Å². The van der Waals surface area contributed by atoms with Gasteiger partial charge in [-0.25, -0.2) is 12.8 Å². The molecule has 2 aromatic carbocycles. The third kappa shape index (κ3) is 2.12. The molecule has 0 aliphatic carbocycles. The lowest BCUT2D eigenvalue weighted by Crippen LogP contribution is -1.88. The SMILES string of the molecule is O=[SH](=O)c1c[c]c(-c2ccccc2)cc1F. The van der Waals surface area contributed by atoms with Crippen molar-refractivity contribution in [2.24, 2.45) is 0 Å². The summed E-state index contributed by atoms with van der Waals surface area (Å²) < 4.78 is 34.7. The van der Waals surface area contributed by atoms with E-state index in [1.165, 1.54) is 6.07 Å². The molecule has 81 valence electrons. The Balaban J connectivity index is 2.50. The van der Waals surface area contributed by atoms with Crippen LogP contribution in [0.5, 0.6) is 0 Å². The van der Waals surface area contributed by atoms with Crippen LogP contribution in [0.15, 0.2) is 47.4 Å². The molecule has 1 radical (unpaired) electrons. The summed E-state index contributed by atoms with van der Waals surface area (Å²) in [6, 6.07) is 14.2. The Labute approximate surface area is 94.3 Å². The Bertz CT molecular complexity index is 569. The van der Waals surface area contributed by atoms with E-state index in [9.17, 15) is 12.8 Å². The second-order valence-corrected chi connectivity index (χ2v) is 4.20. The molecule has 0 unspecified atom stereocenters. The van der Waals surface area contributed by atoms with E-state index >= 15 is 0 Å². The van der Waals surface area contributed by atoms with Gasteiger partial charge in [-0.3, -0.25) is 0 Å². The summed E-state index contributed by atoms with van der Waals surface area (Å²) in [7, 11) is -2.90. The number of hydrogen-bond acceptors (Lipinski definition) is 2. The van der Waals surface area contributed by atoms with Gasteiger partial charge < -0.3 is 0 Å². The fraction of sp³-hybridized carbons (Fsp3) is 0. The minimum Gasteiger partial charge on any atom is -0.227 e. The molecule has 4 heteroatoms. The highest BCUT2D eigenvalue weighted by atomic mass is 32.2. The zero-order chi connectivity index (χ0) is 11.5. The second-order valence-electron chi connectivity index (χ2n) is 3.20. The Morgan fingerprint density at radius 2 is 1.81 bits per heavy atom. The summed E-state index contributed by atoms with van der Waals surface area (Å²) in [6.07, 6.45) is 0. The van der Waals surface area contributed by atoms with Crippen molar-refractivity contribution >= 4 is 10.7 Å². The van der Waals surface area contributed by atoms with Gasteiger partial charge >= 0.3 is 0 Å². The minimum atomic E-state index is -2.90. The predicted octanol–water partition coefficient (Wildman–Crippen LogP) is 2.26. The highest BCUT2D eigenvalue weighted by Crippen LogP contribution is 2.21. The van der Waals surface area contributed by atoms with Gasteiger partial charge in [0.25, 0.3) is 0 Å². The first-order chi connectivity index (χ1) is 7.68. The maximum absolute atomic E-state index is 13.4. The molecule has 0 aliphatic heterocycles. The average Bonchev–Trinajstić information content (AvgIpc) is 2.29. The molecule has 0 fully saturated rings. The summed E-state index contributed by atoms with van der Waals surface area (Å²) in [4.78, 5) is -0.324. The number of rotatable bonds is 2. The molecular formula is C12H8FO2S. The molecular weight excluding hydrogens is 227 g/mol. The van der Waals surface area contributed by atoms with Gasteiger partial charge in [-0.05, 0) is 29.3 Å². The van der Waals surface area contributed by atoms with E-state index in [1.54, 1.807) is 0 Å². The molecule has 0 saturated heterocycles. The number of halogens is 1. The van der Waals surface area contributed by atoms with Crippen molar-refractivity contribution in [3.05, 3.63) is 54.3 Å². The Morgan fingerprint density at radius 3 is 2.38 bits per heavy atom. The topological polar surface area (TPSA) is 34.1 Å². The standard InChI is InChI=1S/C12H8FO2S/c13-11-8-10(6-7-12(11)16(14)15)9-4-2-1-3-5-9/h1-5,7-8,16H. The van der Waals surface area contributed by atoms with E-state index in [-0.39, 0.29) is 4.90 Å². The molecule has 2 rings (SSSR count). The van der Waals surface area contributed by atoms with Crippen LogP contribution in [-0.2, 0) is 10.7 Å². The highest BCUT2D eigenvalue weighted by molar-refractivity contribution is 7.72. The lowest BCUT2D eigenvalue weighted by molar-refractivity contribution is 0.579. The highest BCUT2D eigenvalue weighted by Gasteiger charge is 2.06. The fourth-order valence-corrected chi connectivity index (χ4v) is 1.79. The zero-order valence-corrected chi connectivity index (χ0v) is 9.08. The van der Waals surface area contributed by atoms with Gasteiger partial charge in [-0.1, -0.05) is 30.3 Å². The lowest BCUT2D eigenvalue weighted by atomic mass is 10.1.